The minimum Gasteiger partial charge on any atom is -0.331 e. The summed E-state index contributed by atoms with van der Waals surface area (Å²) < 4.78 is 4.31. The summed E-state index contributed by atoms with van der Waals surface area (Å²) in [6.07, 6.45) is 3.48. The molecule has 0 aliphatic carbocycles. The minimum atomic E-state index is 0.608. The summed E-state index contributed by atoms with van der Waals surface area (Å²) in [7, 11) is 3.79. The van der Waals surface area contributed by atoms with E-state index in [1.807, 2.05) is 23.2 Å². The Bertz CT molecular complexity index is 477. The first-order chi connectivity index (χ1) is 6.20. The van der Waals surface area contributed by atoms with Crippen molar-refractivity contribution in [3.63, 3.8) is 0 Å². The van der Waals surface area contributed by atoms with Crippen molar-refractivity contribution in [3.05, 3.63) is 17.3 Å². The van der Waals surface area contributed by atoms with Gasteiger partial charge in [0, 0.05) is 14.1 Å². The number of imidazole rings is 1. The highest BCUT2D eigenvalue weighted by Gasteiger charge is 2.08. The zero-order valence-electron chi connectivity index (χ0n) is 7.35. The highest BCUT2D eigenvalue weighted by atomic mass is 32.1. The van der Waals surface area contributed by atoms with Crippen molar-refractivity contribution in [2.75, 3.05) is 0 Å². The van der Waals surface area contributed by atoms with Crippen molar-refractivity contribution in [2.45, 2.75) is 0 Å². The lowest BCUT2D eigenvalue weighted by Crippen LogP contribution is -1.97. The number of aromatic amines is 1. The van der Waals surface area contributed by atoms with E-state index in [1.165, 1.54) is 0 Å². The Morgan fingerprint density at radius 3 is 2.69 bits per heavy atom. The van der Waals surface area contributed by atoms with Crippen molar-refractivity contribution < 1.29 is 0 Å². The van der Waals surface area contributed by atoms with E-state index in [2.05, 4.69) is 15.2 Å². The molecule has 0 unspecified atom stereocenters. The number of H-pyrrole nitrogens is 1. The van der Waals surface area contributed by atoms with Crippen molar-refractivity contribution in [2.24, 2.45) is 14.1 Å². The molecule has 68 valence electrons. The van der Waals surface area contributed by atoms with E-state index in [9.17, 15) is 0 Å². The van der Waals surface area contributed by atoms with E-state index in [0.29, 0.717) is 4.77 Å². The fourth-order valence-electron chi connectivity index (χ4n) is 1.15. The predicted molar refractivity (Wildman–Crippen MR) is 50.6 cm³/mol. The van der Waals surface area contributed by atoms with Crippen LogP contribution < -0.4 is 0 Å². The van der Waals surface area contributed by atoms with Crippen molar-refractivity contribution in [1.82, 2.24) is 24.3 Å². The van der Waals surface area contributed by atoms with Gasteiger partial charge in [0.1, 0.15) is 5.69 Å². The van der Waals surface area contributed by atoms with Crippen molar-refractivity contribution in [3.8, 4) is 11.5 Å². The van der Waals surface area contributed by atoms with Crippen LogP contribution in [-0.2, 0) is 14.1 Å². The molecule has 2 rings (SSSR count). The van der Waals surface area contributed by atoms with Gasteiger partial charge in [-0.15, -0.1) is 0 Å². The van der Waals surface area contributed by atoms with Crippen LogP contribution in [0.15, 0.2) is 12.5 Å². The van der Waals surface area contributed by atoms with Gasteiger partial charge in [-0.2, -0.15) is 5.10 Å². The normalized spacial score (nSPS) is 10.6. The molecule has 0 saturated carbocycles. The Kier molecular flexibility index (Phi) is 1.77. The van der Waals surface area contributed by atoms with Crippen LogP contribution in [0.3, 0.4) is 0 Å². The van der Waals surface area contributed by atoms with Crippen LogP contribution in [-0.4, -0.2) is 24.3 Å². The maximum atomic E-state index is 5.01. The maximum absolute atomic E-state index is 5.01. The van der Waals surface area contributed by atoms with Gasteiger partial charge in [-0.3, -0.25) is 5.10 Å². The number of nitrogens with one attached hydrogen (secondary N) is 1. The first-order valence-electron chi connectivity index (χ1n) is 3.78. The molecule has 2 aromatic heterocycles. The third-order valence-electron chi connectivity index (χ3n) is 1.93. The number of hydrogen-bond donors (Lipinski definition) is 1. The van der Waals surface area contributed by atoms with Crippen molar-refractivity contribution in [1.29, 1.82) is 0 Å². The van der Waals surface area contributed by atoms with Gasteiger partial charge in [0.15, 0.2) is 10.6 Å². The van der Waals surface area contributed by atoms with E-state index < -0.39 is 0 Å². The molecular formula is C7H9N5S. The average molecular weight is 195 g/mol. The fourth-order valence-corrected chi connectivity index (χ4v) is 1.28. The SMILES string of the molecule is Cn1cncc1-c1n[nH]c(=S)n1C. The van der Waals surface area contributed by atoms with Crippen LogP contribution in [0, 0.1) is 4.77 Å². The molecule has 0 aliphatic rings. The standard InChI is InChI=1S/C7H9N5S/c1-11-4-8-3-5(11)6-9-10-7(13)12(6)2/h3-4H,1-2H3,(H,10,13). The largest absolute Gasteiger partial charge is 0.331 e. The molecule has 0 spiro atoms. The first kappa shape index (κ1) is 8.18. The van der Waals surface area contributed by atoms with Crippen LogP contribution in [0.4, 0.5) is 0 Å². The minimum absolute atomic E-state index is 0.608. The lowest BCUT2D eigenvalue weighted by Gasteiger charge is -1.99. The number of aromatic nitrogens is 5. The Morgan fingerprint density at radius 2 is 2.23 bits per heavy atom. The molecular weight excluding hydrogens is 186 g/mol. The van der Waals surface area contributed by atoms with Gasteiger partial charge in [0.25, 0.3) is 0 Å². The molecule has 6 heteroatoms. The van der Waals surface area contributed by atoms with Crippen molar-refractivity contribution >= 4 is 12.2 Å². The Morgan fingerprint density at radius 1 is 1.46 bits per heavy atom. The van der Waals surface area contributed by atoms with E-state index in [4.69, 9.17) is 12.2 Å². The third kappa shape index (κ3) is 1.19. The summed E-state index contributed by atoms with van der Waals surface area (Å²) in [5.74, 6) is 0.796. The van der Waals surface area contributed by atoms with Gasteiger partial charge < -0.3 is 9.13 Å². The van der Waals surface area contributed by atoms with Gasteiger partial charge in [-0.25, -0.2) is 4.98 Å². The van der Waals surface area contributed by atoms with E-state index in [1.54, 1.807) is 12.5 Å². The molecule has 13 heavy (non-hydrogen) atoms. The number of aryl methyl sites for hydroxylation is 1. The zero-order chi connectivity index (χ0) is 9.42. The average Bonchev–Trinajstić information content (AvgIpc) is 2.62. The molecule has 0 aliphatic heterocycles. The second-order valence-corrected chi connectivity index (χ2v) is 3.19. The van der Waals surface area contributed by atoms with Crippen LogP contribution in [0.5, 0.6) is 0 Å². The summed E-state index contributed by atoms with van der Waals surface area (Å²) in [5, 5.41) is 6.83. The van der Waals surface area contributed by atoms with E-state index >= 15 is 0 Å². The molecule has 0 atom stereocenters. The Balaban J connectivity index is 2.65. The maximum Gasteiger partial charge on any atom is 0.195 e. The summed E-state index contributed by atoms with van der Waals surface area (Å²) >= 11 is 5.01. The van der Waals surface area contributed by atoms with Gasteiger partial charge in [0.2, 0.25) is 0 Å². The lowest BCUT2D eigenvalue weighted by atomic mass is 10.4. The number of nitrogens with zero attached hydrogens (tertiary/aromatic N) is 4. The highest BCUT2D eigenvalue weighted by Crippen LogP contribution is 2.13. The van der Waals surface area contributed by atoms with Gasteiger partial charge >= 0.3 is 0 Å². The topological polar surface area (TPSA) is 51.4 Å². The van der Waals surface area contributed by atoms with Gasteiger partial charge in [-0.05, 0) is 12.2 Å². The third-order valence-corrected chi connectivity index (χ3v) is 2.29. The second kappa shape index (κ2) is 2.81. The highest BCUT2D eigenvalue weighted by molar-refractivity contribution is 7.71. The molecule has 2 heterocycles. The molecule has 0 amide bonds. The second-order valence-electron chi connectivity index (χ2n) is 2.80. The molecule has 1 N–H and O–H groups in total. The van der Waals surface area contributed by atoms with Crippen LogP contribution in [0.2, 0.25) is 0 Å². The van der Waals surface area contributed by atoms with Crippen LogP contribution >= 0.6 is 12.2 Å². The fraction of sp³-hybridized carbons (Fsp3) is 0.286. The van der Waals surface area contributed by atoms with E-state index in [0.717, 1.165) is 11.5 Å². The van der Waals surface area contributed by atoms with E-state index in [-0.39, 0.29) is 0 Å². The predicted octanol–water partition coefficient (Wildman–Crippen LogP) is 0.878. The molecule has 0 aromatic carbocycles. The molecule has 5 nitrogen and oxygen atoms in total. The molecule has 0 radical (unpaired) electrons. The number of rotatable bonds is 1. The summed E-state index contributed by atoms with van der Waals surface area (Å²) in [5.41, 5.74) is 0.940. The summed E-state index contributed by atoms with van der Waals surface area (Å²) in [6.45, 7) is 0. The Hall–Kier alpha value is -1.43. The van der Waals surface area contributed by atoms with Gasteiger partial charge in [-0.1, -0.05) is 0 Å². The molecule has 0 fully saturated rings. The quantitative estimate of drug-likeness (QED) is 0.687. The number of hydrogen-bond acceptors (Lipinski definition) is 3. The molecule has 0 bridgehead atoms. The zero-order valence-corrected chi connectivity index (χ0v) is 8.17. The van der Waals surface area contributed by atoms with Gasteiger partial charge in [0.05, 0.1) is 12.5 Å². The Labute approximate surface area is 80.0 Å². The molecule has 2 aromatic rings. The first-order valence-corrected chi connectivity index (χ1v) is 4.19. The summed E-state index contributed by atoms with van der Waals surface area (Å²) in [4.78, 5) is 4.01. The summed E-state index contributed by atoms with van der Waals surface area (Å²) in [6, 6.07) is 0. The molecule has 0 saturated heterocycles. The van der Waals surface area contributed by atoms with Crippen LogP contribution in [0.25, 0.3) is 11.5 Å². The lowest BCUT2D eigenvalue weighted by molar-refractivity contribution is 0.862. The van der Waals surface area contributed by atoms with Crippen LogP contribution in [0.1, 0.15) is 0 Å². The monoisotopic (exact) mass is 195 g/mol. The smallest absolute Gasteiger partial charge is 0.195 e.